The fourth-order valence-corrected chi connectivity index (χ4v) is 1.27. The summed E-state index contributed by atoms with van der Waals surface area (Å²) in [6.07, 6.45) is 3.83. The molecule has 0 bridgehead atoms. The lowest BCUT2D eigenvalue weighted by Gasteiger charge is -2.00. The predicted molar refractivity (Wildman–Crippen MR) is 57.5 cm³/mol. The van der Waals surface area contributed by atoms with Crippen molar-refractivity contribution in [1.29, 1.82) is 0 Å². The van der Waals surface area contributed by atoms with Gasteiger partial charge in [-0.3, -0.25) is 0 Å². The fourth-order valence-electron chi connectivity index (χ4n) is 0.896. The Morgan fingerprint density at radius 3 is 2.75 bits per heavy atom. The van der Waals surface area contributed by atoms with Crippen molar-refractivity contribution in [3.05, 3.63) is 29.8 Å². The first-order valence-corrected chi connectivity index (χ1v) is 4.40. The highest BCUT2D eigenvalue weighted by atomic mass is 127. The van der Waals surface area contributed by atoms with Gasteiger partial charge in [0.1, 0.15) is 0 Å². The molecule has 3 heteroatoms. The van der Waals surface area contributed by atoms with Crippen molar-refractivity contribution in [2.75, 3.05) is 0 Å². The van der Waals surface area contributed by atoms with Crippen molar-refractivity contribution in [3.8, 4) is 11.5 Å². The average Bonchev–Trinajstić information content (AvgIpc) is 2.05. The molecule has 2 nitrogen and oxygen atoms in total. The second-order valence-electron chi connectivity index (χ2n) is 2.30. The van der Waals surface area contributed by atoms with Crippen LogP contribution in [-0.2, 0) is 0 Å². The van der Waals surface area contributed by atoms with E-state index >= 15 is 0 Å². The maximum absolute atomic E-state index is 9.35. The number of rotatable bonds is 2. The van der Waals surface area contributed by atoms with Crippen LogP contribution in [0.1, 0.15) is 12.5 Å². The lowest BCUT2D eigenvalue weighted by molar-refractivity contribution is 0.457. The van der Waals surface area contributed by atoms with Crippen LogP contribution in [0.2, 0.25) is 0 Å². The van der Waals surface area contributed by atoms with Crippen molar-refractivity contribution in [3.63, 3.8) is 0 Å². The van der Waals surface area contributed by atoms with Gasteiger partial charge in [0.15, 0.2) is 34.5 Å². The second kappa shape index (κ2) is 4.35. The minimum atomic E-state index is 0.167. The summed E-state index contributed by atoms with van der Waals surface area (Å²) >= 11 is 1.73. The molecule has 1 rings (SSSR count). The van der Waals surface area contributed by atoms with Gasteiger partial charge < -0.3 is 8.17 Å². The first-order valence-electron chi connectivity index (χ1n) is 3.52. The van der Waals surface area contributed by atoms with E-state index in [9.17, 15) is 5.11 Å². The van der Waals surface area contributed by atoms with Crippen molar-refractivity contribution in [1.82, 2.24) is 0 Å². The Kier molecular flexibility index (Phi) is 3.40. The molecule has 0 fully saturated rings. The van der Waals surface area contributed by atoms with E-state index in [1.807, 2.05) is 25.1 Å². The molecule has 0 saturated carbocycles. The molecule has 1 N–H and O–H groups in total. The number of halogens is 1. The molecular weight excluding hydrogens is 267 g/mol. The standard InChI is InChI=1S/C9H9IO2/c1-2-3-7-4-5-9(12-10)8(11)6-7/h2-6,11H,1H3/b3-2+. The Hall–Kier alpha value is -0.710. The smallest absolute Gasteiger partial charge is 0.192 e. The Morgan fingerprint density at radius 1 is 1.50 bits per heavy atom. The molecule has 0 aromatic heterocycles. The first-order chi connectivity index (χ1) is 5.77. The van der Waals surface area contributed by atoms with Gasteiger partial charge in [-0.2, -0.15) is 0 Å². The topological polar surface area (TPSA) is 29.5 Å². The predicted octanol–water partition coefficient (Wildman–Crippen LogP) is 3.15. The van der Waals surface area contributed by atoms with Gasteiger partial charge in [-0.25, -0.2) is 0 Å². The Bertz CT molecular complexity index is 295. The molecule has 64 valence electrons. The summed E-state index contributed by atoms with van der Waals surface area (Å²) in [6, 6.07) is 5.28. The van der Waals surface area contributed by atoms with Crippen LogP contribution in [0, 0.1) is 0 Å². The zero-order chi connectivity index (χ0) is 8.97. The zero-order valence-electron chi connectivity index (χ0n) is 6.62. The number of allylic oxidation sites excluding steroid dienone is 1. The molecular formula is C9H9IO2. The van der Waals surface area contributed by atoms with Crippen molar-refractivity contribution in [2.24, 2.45) is 0 Å². The number of hydrogen-bond donors (Lipinski definition) is 1. The van der Waals surface area contributed by atoms with Crippen LogP contribution in [0.25, 0.3) is 6.08 Å². The van der Waals surface area contributed by atoms with Crippen LogP contribution in [0.4, 0.5) is 0 Å². The summed E-state index contributed by atoms with van der Waals surface area (Å²) in [6.45, 7) is 1.93. The number of phenols is 1. The van der Waals surface area contributed by atoms with E-state index in [1.165, 1.54) is 0 Å². The highest BCUT2D eigenvalue weighted by Gasteiger charge is 2.00. The minimum Gasteiger partial charge on any atom is -0.504 e. The molecule has 0 aliphatic rings. The van der Waals surface area contributed by atoms with Gasteiger partial charge in [-0.05, 0) is 24.6 Å². The van der Waals surface area contributed by atoms with E-state index in [2.05, 4.69) is 0 Å². The van der Waals surface area contributed by atoms with Crippen LogP contribution in [0.3, 0.4) is 0 Å². The van der Waals surface area contributed by atoms with Gasteiger partial charge in [0.2, 0.25) is 0 Å². The molecule has 0 unspecified atom stereocenters. The molecule has 12 heavy (non-hydrogen) atoms. The SMILES string of the molecule is C/C=C/c1ccc(OI)c(O)c1. The number of phenolic OH excluding ortho intramolecular Hbond substituents is 1. The van der Waals surface area contributed by atoms with Gasteiger partial charge >= 0.3 is 0 Å². The third-order valence-corrected chi connectivity index (χ3v) is 1.90. The molecule has 0 spiro atoms. The monoisotopic (exact) mass is 276 g/mol. The van der Waals surface area contributed by atoms with Crippen molar-refractivity contribution in [2.45, 2.75) is 6.92 Å². The molecule has 0 aliphatic heterocycles. The number of aromatic hydroxyl groups is 1. The van der Waals surface area contributed by atoms with Crippen molar-refractivity contribution < 1.29 is 8.17 Å². The Balaban J connectivity index is 3.01. The normalized spacial score (nSPS) is 10.5. The van der Waals surface area contributed by atoms with E-state index in [0.717, 1.165) is 5.56 Å². The first kappa shape index (κ1) is 9.38. The van der Waals surface area contributed by atoms with Crippen LogP contribution >= 0.6 is 23.0 Å². The lowest BCUT2D eigenvalue weighted by atomic mass is 10.2. The maximum atomic E-state index is 9.35. The summed E-state index contributed by atoms with van der Waals surface area (Å²) in [5.41, 5.74) is 0.965. The average molecular weight is 276 g/mol. The quantitative estimate of drug-likeness (QED) is 0.841. The largest absolute Gasteiger partial charge is 0.504 e. The van der Waals surface area contributed by atoms with Gasteiger partial charge in [-0.1, -0.05) is 18.2 Å². The molecule has 0 heterocycles. The van der Waals surface area contributed by atoms with Crippen LogP contribution in [0.15, 0.2) is 24.3 Å². The molecule has 0 atom stereocenters. The van der Waals surface area contributed by atoms with Crippen molar-refractivity contribution >= 4 is 29.1 Å². The van der Waals surface area contributed by atoms with Gasteiger partial charge in [-0.15, -0.1) is 0 Å². The summed E-state index contributed by atoms with van der Waals surface area (Å²) < 4.78 is 4.87. The molecule has 0 radical (unpaired) electrons. The molecule has 1 aromatic rings. The van der Waals surface area contributed by atoms with Crippen LogP contribution in [-0.4, -0.2) is 5.11 Å². The zero-order valence-corrected chi connectivity index (χ0v) is 8.78. The van der Waals surface area contributed by atoms with Gasteiger partial charge in [0.05, 0.1) is 0 Å². The maximum Gasteiger partial charge on any atom is 0.192 e. The Labute approximate surface area is 85.6 Å². The number of benzene rings is 1. The Morgan fingerprint density at radius 2 is 2.25 bits per heavy atom. The fraction of sp³-hybridized carbons (Fsp3) is 0.111. The van der Waals surface area contributed by atoms with E-state index in [1.54, 1.807) is 35.1 Å². The van der Waals surface area contributed by atoms with E-state index in [-0.39, 0.29) is 5.75 Å². The van der Waals surface area contributed by atoms with Crippen LogP contribution < -0.4 is 3.07 Å². The van der Waals surface area contributed by atoms with Gasteiger partial charge in [0, 0.05) is 0 Å². The van der Waals surface area contributed by atoms with Crippen LogP contribution in [0.5, 0.6) is 11.5 Å². The van der Waals surface area contributed by atoms with Gasteiger partial charge in [0.25, 0.3) is 0 Å². The highest BCUT2D eigenvalue weighted by Crippen LogP contribution is 2.28. The molecule has 0 amide bonds. The third kappa shape index (κ3) is 2.14. The van der Waals surface area contributed by atoms with E-state index in [4.69, 9.17) is 3.07 Å². The molecule has 1 aromatic carbocycles. The summed E-state index contributed by atoms with van der Waals surface area (Å²) in [4.78, 5) is 0. The number of hydrogen-bond acceptors (Lipinski definition) is 2. The minimum absolute atomic E-state index is 0.167. The molecule has 0 aliphatic carbocycles. The summed E-state index contributed by atoms with van der Waals surface area (Å²) in [5, 5.41) is 9.35. The lowest BCUT2D eigenvalue weighted by Crippen LogP contribution is -1.77. The highest BCUT2D eigenvalue weighted by molar-refractivity contribution is 14.1. The summed E-state index contributed by atoms with van der Waals surface area (Å²) in [7, 11) is 0. The second-order valence-corrected chi connectivity index (χ2v) is 2.74. The summed E-state index contributed by atoms with van der Waals surface area (Å²) in [5.74, 6) is 0.656. The van der Waals surface area contributed by atoms with E-state index in [0.29, 0.717) is 5.75 Å². The third-order valence-electron chi connectivity index (χ3n) is 1.43. The molecule has 0 saturated heterocycles. The van der Waals surface area contributed by atoms with E-state index < -0.39 is 0 Å².